The lowest BCUT2D eigenvalue weighted by Gasteiger charge is -2.26. The van der Waals surface area contributed by atoms with E-state index in [0.717, 1.165) is 5.56 Å². The van der Waals surface area contributed by atoms with Crippen LogP contribution in [-0.2, 0) is 16.4 Å². The second-order valence-electron chi connectivity index (χ2n) is 5.74. The number of primary amides is 1. The minimum absolute atomic E-state index is 0.148. The maximum atomic E-state index is 11.8. The van der Waals surface area contributed by atoms with Gasteiger partial charge in [0.05, 0.1) is 18.5 Å². The standard InChI is InChI=1S/C14H23N3O3S/c1-14(2,3)9-7-10(16-13(15)18)12(20-5)11(8-9)17(4)21(6)19/h7-8H,1-6H3,(H3,15,16,18). The molecular weight excluding hydrogens is 290 g/mol. The van der Waals surface area contributed by atoms with Crippen LogP contribution in [0.25, 0.3) is 0 Å². The molecule has 0 bridgehead atoms. The number of urea groups is 1. The molecule has 0 radical (unpaired) electrons. The largest absolute Gasteiger partial charge is 0.492 e. The first-order valence-corrected chi connectivity index (χ1v) is 7.95. The van der Waals surface area contributed by atoms with Gasteiger partial charge in [-0.05, 0) is 23.1 Å². The third-order valence-corrected chi connectivity index (χ3v) is 4.09. The molecule has 1 atom stereocenters. The number of nitrogens with zero attached hydrogens (tertiary/aromatic N) is 1. The second-order valence-corrected chi connectivity index (χ2v) is 7.13. The van der Waals surface area contributed by atoms with Crippen molar-refractivity contribution in [1.29, 1.82) is 0 Å². The van der Waals surface area contributed by atoms with Crippen LogP contribution in [0.4, 0.5) is 16.2 Å². The van der Waals surface area contributed by atoms with Crippen LogP contribution in [0.2, 0.25) is 0 Å². The summed E-state index contributed by atoms with van der Waals surface area (Å²) in [6.07, 6.45) is 1.57. The predicted octanol–water partition coefficient (Wildman–Crippen LogP) is 2.21. The molecule has 1 rings (SSSR count). The van der Waals surface area contributed by atoms with E-state index in [1.165, 1.54) is 7.11 Å². The Balaban J connectivity index is 3.58. The van der Waals surface area contributed by atoms with E-state index in [4.69, 9.17) is 10.5 Å². The Morgan fingerprint density at radius 1 is 1.38 bits per heavy atom. The van der Waals surface area contributed by atoms with Crippen LogP contribution in [0.15, 0.2) is 12.1 Å². The van der Waals surface area contributed by atoms with Gasteiger partial charge in [0.25, 0.3) is 0 Å². The van der Waals surface area contributed by atoms with Crippen molar-refractivity contribution in [2.75, 3.05) is 30.0 Å². The molecule has 118 valence electrons. The van der Waals surface area contributed by atoms with Crippen LogP contribution < -0.4 is 20.1 Å². The molecule has 0 aliphatic heterocycles. The van der Waals surface area contributed by atoms with Gasteiger partial charge in [0.15, 0.2) is 5.75 Å². The van der Waals surface area contributed by atoms with Gasteiger partial charge < -0.3 is 15.8 Å². The maximum absolute atomic E-state index is 11.8. The van der Waals surface area contributed by atoms with Crippen molar-refractivity contribution in [3.8, 4) is 5.75 Å². The van der Waals surface area contributed by atoms with Gasteiger partial charge in [-0.2, -0.15) is 0 Å². The molecule has 1 aromatic rings. The maximum Gasteiger partial charge on any atom is 0.316 e. The fraction of sp³-hybridized carbons (Fsp3) is 0.500. The normalized spacial score (nSPS) is 12.7. The van der Waals surface area contributed by atoms with Crippen LogP contribution in [0, 0.1) is 0 Å². The van der Waals surface area contributed by atoms with Crippen molar-refractivity contribution >= 4 is 28.4 Å². The predicted molar refractivity (Wildman–Crippen MR) is 87.4 cm³/mol. The van der Waals surface area contributed by atoms with Crippen molar-refractivity contribution in [3.05, 3.63) is 17.7 Å². The zero-order valence-electron chi connectivity index (χ0n) is 13.3. The van der Waals surface area contributed by atoms with Crippen LogP contribution in [0.3, 0.4) is 0 Å². The van der Waals surface area contributed by atoms with Crippen LogP contribution in [0.5, 0.6) is 5.75 Å². The molecule has 3 N–H and O–H groups in total. The number of benzene rings is 1. The topological polar surface area (TPSA) is 84.7 Å². The minimum atomic E-state index is -1.22. The number of nitrogens with two attached hydrogens (primary N) is 1. The number of nitrogens with one attached hydrogen (secondary N) is 1. The van der Waals surface area contributed by atoms with E-state index in [9.17, 15) is 9.00 Å². The Kier molecular flexibility index (Phi) is 5.22. The van der Waals surface area contributed by atoms with Crippen molar-refractivity contribution < 1.29 is 13.7 Å². The molecule has 0 saturated heterocycles. The first kappa shape index (κ1) is 17.3. The number of anilines is 2. The Labute approximate surface area is 128 Å². The molecule has 0 saturated carbocycles. The molecule has 0 spiro atoms. The number of carbonyl (C=O) groups is 1. The molecule has 1 unspecified atom stereocenters. The van der Waals surface area contributed by atoms with Crippen molar-refractivity contribution in [2.24, 2.45) is 5.73 Å². The number of carbonyl (C=O) groups excluding carboxylic acids is 1. The smallest absolute Gasteiger partial charge is 0.316 e. The summed E-state index contributed by atoms with van der Waals surface area (Å²) in [5.74, 6) is 0.430. The van der Waals surface area contributed by atoms with E-state index in [0.29, 0.717) is 17.1 Å². The van der Waals surface area contributed by atoms with Gasteiger partial charge in [0.1, 0.15) is 11.0 Å². The van der Waals surface area contributed by atoms with E-state index >= 15 is 0 Å². The molecular formula is C14H23N3O3S. The lowest BCUT2D eigenvalue weighted by atomic mass is 9.86. The Morgan fingerprint density at radius 2 is 1.95 bits per heavy atom. The Bertz CT molecular complexity index is 567. The number of rotatable bonds is 4. The average molecular weight is 313 g/mol. The van der Waals surface area contributed by atoms with E-state index in [1.54, 1.807) is 17.6 Å². The number of hydrogen-bond acceptors (Lipinski definition) is 3. The zero-order valence-corrected chi connectivity index (χ0v) is 14.1. The van der Waals surface area contributed by atoms with Crippen LogP contribution >= 0.6 is 0 Å². The monoisotopic (exact) mass is 313 g/mol. The molecule has 2 amide bonds. The first-order chi connectivity index (χ1) is 9.57. The van der Waals surface area contributed by atoms with Crippen LogP contribution in [0.1, 0.15) is 26.3 Å². The summed E-state index contributed by atoms with van der Waals surface area (Å²) in [5, 5.41) is 2.56. The Morgan fingerprint density at radius 3 is 2.33 bits per heavy atom. The van der Waals surface area contributed by atoms with Gasteiger partial charge in [0.2, 0.25) is 0 Å². The van der Waals surface area contributed by atoms with E-state index in [1.807, 2.05) is 12.1 Å². The van der Waals surface area contributed by atoms with Gasteiger partial charge in [-0.15, -0.1) is 0 Å². The molecule has 0 heterocycles. The molecule has 6 nitrogen and oxygen atoms in total. The van der Waals surface area contributed by atoms with Crippen molar-refractivity contribution in [3.63, 3.8) is 0 Å². The average Bonchev–Trinajstić information content (AvgIpc) is 2.34. The molecule has 0 fully saturated rings. The summed E-state index contributed by atoms with van der Waals surface area (Å²) in [5.41, 5.74) is 7.13. The van der Waals surface area contributed by atoms with E-state index < -0.39 is 17.0 Å². The van der Waals surface area contributed by atoms with Crippen molar-refractivity contribution in [2.45, 2.75) is 26.2 Å². The number of methoxy groups -OCH3 is 1. The quantitative estimate of drug-likeness (QED) is 0.893. The first-order valence-electron chi connectivity index (χ1n) is 6.44. The van der Waals surface area contributed by atoms with E-state index in [-0.39, 0.29) is 5.41 Å². The third-order valence-electron chi connectivity index (χ3n) is 3.12. The van der Waals surface area contributed by atoms with Crippen molar-refractivity contribution in [1.82, 2.24) is 0 Å². The van der Waals surface area contributed by atoms with E-state index in [2.05, 4.69) is 26.1 Å². The zero-order chi connectivity index (χ0) is 16.4. The SMILES string of the molecule is COc1c(NC(N)=O)cc(C(C)(C)C)cc1N(C)S(C)=O. The molecule has 21 heavy (non-hydrogen) atoms. The lowest BCUT2D eigenvalue weighted by molar-refractivity contribution is 0.259. The van der Waals surface area contributed by atoms with Gasteiger partial charge in [-0.3, -0.25) is 4.31 Å². The molecule has 0 aliphatic carbocycles. The van der Waals surface area contributed by atoms with Gasteiger partial charge >= 0.3 is 6.03 Å². The summed E-state index contributed by atoms with van der Waals surface area (Å²) >= 11 is 0. The minimum Gasteiger partial charge on any atom is -0.492 e. The highest BCUT2D eigenvalue weighted by atomic mass is 32.2. The summed E-state index contributed by atoms with van der Waals surface area (Å²) in [6, 6.07) is 3.05. The molecule has 1 aromatic carbocycles. The number of amides is 2. The highest BCUT2D eigenvalue weighted by molar-refractivity contribution is 7.85. The molecule has 0 aromatic heterocycles. The second kappa shape index (κ2) is 6.34. The number of ether oxygens (including phenoxy) is 1. The van der Waals surface area contributed by atoms with Gasteiger partial charge in [-0.25, -0.2) is 9.00 Å². The highest BCUT2D eigenvalue weighted by Gasteiger charge is 2.22. The summed E-state index contributed by atoms with van der Waals surface area (Å²) in [6.45, 7) is 6.15. The third kappa shape index (κ3) is 4.10. The number of hydrogen-bond donors (Lipinski definition) is 2. The van der Waals surface area contributed by atoms with Crippen LogP contribution in [-0.4, -0.2) is 30.7 Å². The summed E-state index contributed by atoms with van der Waals surface area (Å²) < 4.78 is 18.7. The summed E-state index contributed by atoms with van der Waals surface area (Å²) in [7, 11) is 1.98. The lowest BCUT2D eigenvalue weighted by Crippen LogP contribution is -2.24. The summed E-state index contributed by atoms with van der Waals surface area (Å²) in [4.78, 5) is 11.2. The molecule has 7 heteroatoms. The Hall–Kier alpha value is -1.76. The fourth-order valence-corrected chi connectivity index (χ4v) is 2.27. The van der Waals surface area contributed by atoms with Gasteiger partial charge in [-0.1, -0.05) is 20.8 Å². The molecule has 0 aliphatic rings. The van der Waals surface area contributed by atoms with Gasteiger partial charge in [0, 0.05) is 13.3 Å². The highest BCUT2D eigenvalue weighted by Crippen LogP contribution is 2.40. The fourth-order valence-electron chi connectivity index (χ4n) is 1.86.